The van der Waals surface area contributed by atoms with E-state index in [0.29, 0.717) is 10.6 Å². The van der Waals surface area contributed by atoms with Crippen molar-refractivity contribution in [2.24, 2.45) is 5.14 Å². The number of esters is 1. The molecule has 0 aliphatic rings. The second-order valence-corrected chi connectivity index (χ2v) is 7.82. The molecule has 0 aliphatic heterocycles. The molecule has 1 unspecified atom stereocenters. The lowest BCUT2D eigenvalue weighted by molar-refractivity contribution is -0.129. The van der Waals surface area contributed by atoms with E-state index in [1.165, 1.54) is 19.1 Å². The SMILES string of the molecule is Cc1ccc(C(=O)OC(C)C(=O)NCc2ccccc2Cl)cc1S(N)(=O)=O. The zero-order chi connectivity index (χ0) is 20.2. The number of nitrogens with one attached hydrogen (secondary N) is 1. The topological polar surface area (TPSA) is 116 Å². The first-order valence-corrected chi connectivity index (χ1v) is 9.87. The highest BCUT2D eigenvalue weighted by Crippen LogP contribution is 2.17. The molecule has 0 aliphatic carbocycles. The Morgan fingerprint density at radius 3 is 2.52 bits per heavy atom. The summed E-state index contributed by atoms with van der Waals surface area (Å²) in [6.45, 7) is 3.15. The average Bonchev–Trinajstić information content (AvgIpc) is 2.60. The fourth-order valence-electron chi connectivity index (χ4n) is 2.28. The van der Waals surface area contributed by atoms with Gasteiger partial charge in [0.1, 0.15) is 0 Å². The molecule has 2 aromatic carbocycles. The molecule has 0 saturated heterocycles. The Morgan fingerprint density at radius 1 is 1.22 bits per heavy atom. The van der Waals surface area contributed by atoms with Crippen molar-refractivity contribution in [3.63, 3.8) is 0 Å². The Labute approximate surface area is 162 Å². The molecule has 0 saturated carbocycles. The summed E-state index contributed by atoms with van der Waals surface area (Å²) in [5.74, 6) is -1.35. The number of sulfonamides is 1. The van der Waals surface area contributed by atoms with Crippen LogP contribution < -0.4 is 10.5 Å². The van der Waals surface area contributed by atoms with Crippen LogP contribution in [0.4, 0.5) is 0 Å². The van der Waals surface area contributed by atoms with E-state index < -0.39 is 28.0 Å². The standard InChI is InChI=1S/C18H19ClN2O5S/c1-11-7-8-13(9-16(11)27(20,24)25)18(23)26-12(2)17(22)21-10-14-5-3-4-6-15(14)19/h3-9,12H,10H2,1-2H3,(H,21,22)(H2,20,24,25). The highest BCUT2D eigenvalue weighted by Gasteiger charge is 2.21. The number of hydrogen-bond acceptors (Lipinski definition) is 5. The number of halogens is 1. The summed E-state index contributed by atoms with van der Waals surface area (Å²) in [7, 11) is -3.98. The molecular formula is C18H19ClN2O5S. The van der Waals surface area contributed by atoms with Gasteiger partial charge in [-0.15, -0.1) is 0 Å². The van der Waals surface area contributed by atoms with Crippen LogP contribution in [0.15, 0.2) is 47.4 Å². The first-order chi connectivity index (χ1) is 12.6. The van der Waals surface area contributed by atoms with Crippen LogP contribution in [0.25, 0.3) is 0 Å². The van der Waals surface area contributed by atoms with Gasteiger partial charge < -0.3 is 10.1 Å². The third-order valence-electron chi connectivity index (χ3n) is 3.79. The molecular weight excluding hydrogens is 392 g/mol. The lowest BCUT2D eigenvalue weighted by atomic mass is 10.1. The molecule has 9 heteroatoms. The van der Waals surface area contributed by atoms with Gasteiger partial charge in [-0.05, 0) is 43.2 Å². The van der Waals surface area contributed by atoms with Crippen molar-refractivity contribution in [3.8, 4) is 0 Å². The Balaban J connectivity index is 2.03. The van der Waals surface area contributed by atoms with Gasteiger partial charge in [-0.2, -0.15) is 0 Å². The summed E-state index contributed by atoms with van der Waals surface area (Å²) in [6.07, 6.45) is -1.08. The van der Waals surface area contributed by atoms with E-state index in [2.05, 4.69) is 5.32 Å². The third-order valence-corrected chi connectivity index (χ3v) is 5.22. The van der Waals surface area contributed by atoms with Gasteiger partial charge in [0.2, 0.25) is 10.0 Å². The summed E-state index contributed by atoms with van der Waals surface area (Å²) < 4.78 is 28.2. The van der Waals surface area contributed by atoms with Crippen molar-refractivity contribution >= 4 is 33.5 Å². The number of carbonyl (C=O) groups is 2. The number of ether oxygens (including phenoxy) is 1. The highest BCUT2D eigenvalue weighted by atomic mass is 35.5. The van der Waals surface area contributed by atoms with Crippen LogP contribution >= 0.6 is 11.6 Å². The number of rotatable bonds is 6. The largest absolute Gasteiger partial charge is 0.449 e. The maximum absolute atomic E-state index is 12.2. The van der Waals surface area contributed by atoms with Crippen LogP contribution in [0.2, 0.25) is 5.02 Å². The molecule has 0 aromatic heterocycles. The monoisotopic (exact) mass is 410 g/mol. The zero-order valence-corrected chi connectivity index (χ0v) is 16.3. The summed E-state index contributed by atoms with van der Waals surface area (Å²) >= 11 is 6.02. The zero-order valence-electron chi connectivity index (χ0n) is 14.7. The van der Waals surface area contributed by atoms with Gasteiger partial charge in [-0.1, -0.05) is 35.9 Å². The van der Waals surface area contributed by atoms with E-state index in [1.807, 2.05) is 0 Å². The first kappa shape index (κ1) is 20.9. The fraction of sp³-hybridized carbons (Fsp3) is 0.222. The molecule has 1 amide bonds. The van der Waals surface area contributed by atoms with Gasteiger partial charge in [0.25, 0.3) is 5.91 Å². The van der Waals surface area contributed by atoms with Crippen molar-refractivity contribution in [3.05, 3.63) is 64.2 Å². The van der Waals surface area contributed by atoms with Crippen molar-refractivity contribution in [2.75, 3.05) is 0 Å². The maximum atomic E-state index is 12.2. The van der Waals surface area contributed by atoms with Gasteiger partial charge in [0.15, 0.2) is 6.10 Å². The van der Waals surface area contributed by atoms with Crippen LogP contribution in [0.3, 0.4) is 0 Å². The number of aryl methyl sites for hydroxylation is 1. The molecule has 0 fully saturated rings. The number of primary sulfonamides is 1. The van der Waals surface area contributed by atoms with Crippen LogP contribution in [-0.4, -0.2) is 26.4 Å². The van der Waals surface area contributed by atoms with Gasteiger partial charge in [-0.3, -0.25) is 4.79 Å². The molecule has 144 valence electrons. The van der Waals surface area contributed by atoms with Gasteiger partial charge in [0, 0.05) is 11.6 Å². The van der Waals surface area contributed by atoms with E-state index in [1.54, 1.807) is 31.2 Å². The smallest absolute Gasteiger partial charge is 0.338 e. The Kier molecular flexibility index (Phi) is 6.59. The van der Waals surface area contributed by atoms with Crippen molar-refractivity contribution < 1.29 is 22.7 Å². The van der Waals surface area contributed by atoms with Crippen molar-refractivity contribution in [1.82, 2.24) is 5.32 Å². The number of benzene rings is 2. The normalized spacial score (nSPS) is 12.3. The molecule has 0 heterocycles. The number of nitrogens with two attached hydrogens (primary N) is 1. The second kappa shape index (κ2) is 8.51. The molecule has 2 aromatic rings. The number of hydrogen-bond donors (Lipinski definition) is 2. The number of amides is 1. The minimum atomic E-state index is -3.98. The van der Waals surface area contributed by atoms with Gasteiger partial charge >= 0.3 is 5.97 Å². The minimum Gasteiger partial charge on any atom is -0.449 e. The molecule has 2 rings (SSSR count). The lowest BCUT2D eigenvalue weighted by Crippen LogP contribution is -2.35. The minimum absolute atomic E-state index is 0.0182. The molecule has 1 atom stereocenters. The van der Waals surface area contributed by atoms with E-state index in [0.717, 1.165) is 11.6 Å². The van der Waals surface area contributed by atoms with E-state index >= 15 is 0 Å². The van der Waals surface area contributed by atoms with Gasteiger partial charge in [0.05, 0.1) is 10.5 Å². The molecule has 0 spiro atoms. The summed E-state index contributed by atoms with van der Waals surface area (Å²) in [5.41, 5.74) is 1.11. The van der Waals surface area contributed by atoms with Gasteiger partial charge in [-0.25, -0.2) is 18.4 Å². The third kappa shape index (κ3) is 5.53. The van der Waals surface area contributed by atoms with E-state index in [9.17, 15) is 18.0 Å². The van der Waals surface area contributed by atoms with E-state index in [-0.39, 0.29) is 17.0 Å². The first-order valence-electron chi connectivity index (χ1n) is 7.95. The molecule has 7 nitrogen and oxygen atoms in total. The average molecular weight is 411 g/mol. The van der Waals surface area contributed by atoms with E-state index in [4.69, 9.17) is 21.5 Å². The van der Waals surface area contributed by atoms with Crippen LogP contribution in [-0.2, 0) is 26.1 Å². The van der Waals surface area contributed by atoms with Crippen molar-refractivity contribution in [2.45, 2.75) is 31.4 Å². The Bertz CT molecular complexity index is 975. The highest BCUT2D eigenvalue weighted by molar-refractivity contribution is 7.89. The Morgan fingerprint density at radius 2 is 1.89 bits per heavy atom. The van der Waals surface area contributed by atoms with Crippen LogP contribution in [0, 0.1) is 6.92 Å². The molecule has 3 N–H and O–H groups in total. The predicted molar refractivity (Wildman–Crippen MR) is 101 cm³/mol. The van der Waals surface area contributed by atoms with Crippen LogP contribution in [0.1, 0.15) is 28.4 Å². The molecule has 0 radical (unpaired) electrons. The quantitative estimate of drug-likeness (QED) is 0.708. The summed E-state index contributed by atoms with van der Waals surface area (Å²) in [4.78, 5) is 24.2. The van der Waals surface area contributed by atoms with Crippen LogP contribution in [0.5, 0.6) is 0 Å². The second-order valence-electron chi connectivity index (χ2n) is 5.88. The summed E-state index contributed by atoms with van der Waals surface area (Å²) in [6, 6.07) is 11.0. The molecule has 0 bridgehead atoms. The lowest BCUT2D eigenvalue weighted by Gasteiger charge is -2.14. The van der Waals surface area contributed by atoms with Crippen molar-refractivity contribution in [1.29, 1.82) is 0 Å². The predicted octanol–water partition coefficient (Wildman–Crippen LogP) is 2.16. The maximum Gasteiger partial charge on any atom is 0.338 e. The fourth-order valence-corrected chi connectivity index (χ4v) is 3.29. The summed E-state index contributed by atoms with van der Waals surface area (Å²) in [5, 5.41) is 8.26. The number of carbonyl (C=O) groups excluding carboxylic acids is 2. The Hall–Kier alpha value is -2.42. The molecule has 27 heavy (non-hydrogen) atoms.